The SMILES string of the molecule is CCCCCCCCCCCCCCCCCCCCCCCCCCCCCCCCCC(O)C(=O)NC(CO)C(O)C(O)CCCCCCCCCCCCCCCCCCCCCCCCCCCC. The molecule has 6 heteroatoms. The Morgan fingerprint density at radius 3 is 0.658 bits per heavy atom. The zero-order chi connectivity index (χ0) is 53.0. The van der Waals surface area contributed by atoms with Crippen molar-refractivity contribution in [1.82, 2.24) is 5.32 Å². The molecule has 0 radical (unpaired) electrons. The van der Waals surface area contributed by atoms with Crippen LogP contribution < -0.4 is 5.32 Å². The zero-order valence-corrected chi connectivity index (χ0v) is 49.9. The molecule has 0 bridgehead atoms. The average Bonchev–Trinajstić information content (AvgIpc) is 3.40. The van der Waals surface area contributed by atoms with E-state index in [1.165, 1.54) is 327 Å². The molecule has 0 aromatic heterocycles. The molecule has 4 atom stereocenters. The smallest absolute Gasteiger partial charge is 0.249 e. The topological polar surface area (TPSA) is 110 Å². The Bertz CT molecular complexity index is 1030. The van der Waals surface area contributed by atoms with Crippen LogP contribution in [-0.2, 0) is 4.79 Å². The molecule has 5 N–H and O–H groups in total. The van der Waals surface area contributed by atoms with Crippen molar-refractivity contribution >= 4 is 5.91 Å². The number of aliphatic hydroxyl groups excluding tert-OH is 4. The molecule has 73 heavy (non-hydrogen) atoms. The predicted octanol–water partition coefficient (Wildman–Crippen LogP) is 20.6. The van der Waals surface area contributed by atoms with Gasteiger partial charge < -0.3 is 25.7 Å². The molecule has 0 rings (SSSR count). The minimum atomic E-state index is -1.26. The van der Waals surface area contributed by atoms with Crippen LogP contribution in [0.2, 0.25) is 0 Å². The molecule has 0 aliphatic rings. The number of aliphatic hydroxyl groups is 4. The van der Waals surface area contributed by atoms with E-state index >= 15 is 0 Å². The lowest BCUT2D eigenvalue weighted by atomic mass is 9.99. The number of carbonyl (C=O) groups is 1. The summed E-state index contributed by atoms with van der Waals surface area (Å²) in [7, 11) is 0. The van der Waals surface area contributed by atoms with Crippen LogP contribution in [0.4, 0.5) is 0 Å². The van der Waals surface area contributed by atoms with Crippen molar-refractivity contribution in [2.75, 3.05) is 6.61 Å². The van der Waals surface area contributed by atoms with E-state index in [4.69, 9.17) is 0 Å². The third kappa shape index (κ3) is 55.9. The Morgan fingerprint density at radius 1 is 0.288 bits per heavy atom. The number of hydrogen-bond donors (Lipinski definition) is 5. The van der Waals surface area contributed by atoms with Gasteiger partial charge in [0.05, 0.1) is 18.8 Å². The highest BCUT2D eigenvalue weighted by molar-refractivity contribution is 5.80. The first kappa shape index (κ1) is 72.3. The molecule has 0 fully saturated rings. The van der Waals surface area contributed by atoms with E-state index in [-0.39, 0.29) is 0 Å². The van der Waals surface area contributed by atoms with E-state index in [0.29, 0.717) is 12.8 Å². The Morgan fingerprint density at radius 2 is 0.466 bits per heavy atom. The Hall–Kier alpha value is -0.690. The van der Waals surface area contributed by atoms with Crippen molar-refractivity contribution in [3.63, 3.8) is 0 Å². The molecule has 1 amide bonds. The quantitative estimate of drug-likeness (QED) is 0.0390. The second kappa shape index (κ2) is 62.2. The van der Waals surface area contributed by atoms with Crippen LogP contribution >= 0.6 is 0 Å². The monoisotopic (exact) mass is 1030 g/mol. The standard InChI is InChI=1S/C67H135NO5/c1-3-5-7-9-11-13-15-17-19-21-23-25-27-29-31-32-33-34-35-37-39-41-43-45-47-49-51-53-55-57-59-61-65(71)67(73)68-63(62-69)66(72)64(70)60-58-56-54-52-50-48-46-44-42-40-38-36-30-28-26-24-22-20-18-16-14-12-10-8-6-4-2/h63-66,69-72H,3-62H2,1-2H3,(H,68,73). The summed E-state index contributed by atoms with van der Waals surface area (Å²) in [5.41, 5.74) is 0. The van der Waals surface area contributed by atoms with Gasteiger partial charge in [0.1, 0.15) is 12.2 Å². The summed E-state index contributed by atoms with van der Waals surface area (Å²) in [5.74, 6) is -0.573. The van der Waals surface area contributed by atoms with E-state index < -0.39 is 36.9 Å². The second-order valence-corrected chi connectivity index (χ2v) is 23.9. The van der Waals surface area contributed by atoms with Crippen LogP contribution in [0.5, 0.6) is 0 Å². The van der Waals surface area contributed by atoms with Gasteiger partial charge in [0.25, 0.3) is 0 Å². The highest BCUT2D eigenvalue weighted by atomic mass is 16.3. The summed E-state index contributed by atoms with van der Waals surface area (Å²) in [6.07, 6.45) is 75.1. The lowest BCUT2D eigenvalue weighted by Gasteiger charge is -2.27. The summed E-state index contributed by atoms with van der Waals surface area (Å²) in [4.78, 5) is 12.7. The van der Waals surface area contributed by atoms with Gasteiger partial charge in [-0.3, -0.25) is 4.79 Å². The van der Waals surface area contributed by atoms with Gasteiger partial charge in [-0.1, -0.05) is 380 Å². The van der Waals surface area contributed by atoms with Crippen molar-refractivity contribution < 1.29 is 25.2 Å². The van der Waals surface area contributed by atoms with Gasteiger partial charge in [0.2, 0.25) is 5.91 Å². The van der Waals surface area contributed by atoms with Crippen LogP contribution in [0.25, 0.3) is 0 Å². The minimum Gasteiger partial charge on any atom is -0.394 e. The number of amides is 1. The Labute approximate surface area is 458 Å². The van der Waals surface area contributed by atoms with Crippen molar-refractivity contribution in [3.05, 3.63) is 0 Å². The lowest BCUT2D eigenvalue weighted by molar-refractivity contribution is -0.132. The minimum absolute atomic E-state index is 0.377. The summed E-state index contributed by atoms with van der Waals surface area (Å²) in [5, 5.41) is 44.2. The molecular formula is C67H135NO5. The van der Waals surface area contributed by atoms with E-state index in [9.17, 15) is 25.2 Å². The fourth-order valence-electron chi connectivity index (χ4n) is 11.3. The van der Waals surface area contributed by atoms with Crippen LogP contribution in [-0.4, -0.2) is 57.3 Å². The maximum Gasteiger partial charge on any atom is 0.249 e. The third-order valence-corrected chi connectivity index (χ3v) is 16.6. The fraction of sp³-hybridized carbons (Fsp3) is 0.985. The van der Waals surface area contributed by atoms with Crippen LogP contribution in [0, 0.1) is 0 Å². The summed E-state index contributed by atoms with van der Waals surface area (Å²) in [6.45, 7) is 4.12. The molecule has 0 aliphatic heterocycles. The van der Waals surface area contributed by atoms with Gasteiger partial charge in [-0.15, -0.1) is 0 Å². The van der Waals surface area contributed by atoms with Crippen LogP contribution in [0.3, 0.4) is 0 Å². The normalized spacial score (nSPS) is 13.5. The number of nitrogens with one attached hydrogen (secondary N) is 1. The second-order valence-electron chi connectivity index (χ2n) is 23.9. The van der Waals surface area contributed by atoms with Gasteiger partial charge in [0, 0.05) is 0 Å². The number of hydrogen-bond acceptors (Lipinski definition) is 5. The highest BCUT2D eigenvalue weighted by Crippen LogP contribution is 2.20. The number of rotatable bonds is 64. The van der Waals surface area contributed by atoms with Crippen molar-refractivity contribution in [2.24, 2.45) is 0 Å². The third-order valence-electron chi connectivity index (χ3n) is 16.6. The maximum atomic E-state index is 12.7. The molecule has 0 aromatic rings. The van der Waals surface area contributed by atoms with Gasteiger partial charge in [-0.25, -0.2) is 0 Å². The first-order valence-corrected chi connectivity index (χ1v) is 33.9. The highest BCUT2D eigenvalue weighted by Gasteiger charge is 2.28. The molecule has 438 valence electrons. The number of carbonyl (C=O) groups excluding carboxylic acids is 1. The van der Waals surface area contributed by atoms with Gasteiger partial charge in [-0.2, -0.15) is 0 Å². The molecule has 0 heterocycles. The van der Waals surface area contributed by atoms with E-state index in [2.05, 4.69) is 19.2 Å². The van der Waals surface area contributed by atoms with Gasteiger partial charge >= 0.3 is 0 Å². The lowest BCUT2D eigenvalue weighted by Crippen LogP contribution is -2.53. The molecule has 0 aromatic carbocycles. The number of unbranched alkanes of at least 4 members (excludes halogenated alkanes) is 55. The van der Waals surface area contributed by atoms with E-state index in [1.807, 2.05) is 0 Å². The molecule has 0 saturated carbocycles. The van der Waals surface area contributed by atoms with E-state index in [1.54, 1.807) is 0 Å². The molecule has 0 aliphatic carbocycles. The maximum absolute atomic E-state index is 12.7. The van der Waals surface area contributed by atoms with Gasteiger partial charge in [-0.05, 0) is 12.8 Å². The van der Waals surface area contributed by atoms with Crippen molar-refractivity contribution in [1.29, 1.82) is 0 Å². The van der Waals surface area contributed by atoms with Crippen molar-refractivity contribution in [2.45, 2.75) is 417 Å². The zero-order valence-electron chi connectivity index (χ0n) is 49.9. The molecule has 6 nitrogen and oxygen atoms in total. The first-order valence-electron chi connectivity index (χ1n) is 33.9. The Balaban J connectivity index is 3.51. The molecular weight excluding hydrogens is 899 g/mol. The summed E-state index contributed by atoms with van der Waals surface area (Å²) in [6, 6.07) is -0.982. The fourth-order valence-corrected chi connectivity index (χ4v) is 11.3. The summed E-state index contributed by atoms with van der Waals surface area (Å²) < 4.78 is 0. The van der Waals surface area contributed by atoms with E-state index in [0.717, 1.165) is 38.5 Å². The molecule has 0 spiro atoms. The van der Waals surface area contributed by atoms with Crippen molar-refractivity contribution in [3.8, 4) is 0 Å². The van der Waals surface area contributed by atoms with Crippen LogP contribution in [0.1, 0.15) is 393 Å². The predicted molar refractivity (Wildman–Crippen MR) is 321 cm³/mol. The first-order chi connectivity index (χ1) is 36.0. The molecule has 0 saturated heterocycles. The average molecular weight is 1030 g/mol. The van der Waals surface area contributed by atoms with Gasteiger partial charge in [0.15, 0.2) is 0 Å². The summed E-state index contributed by atoms with van der Waals surface area (Å²) >= 11 is 0. The molecule has 4 unspecified atom stereocenters. The Kier molecular flexibility index (Phi) is 61.6. The van der Waals surface area contributed by atoms with Crippen LogP contribution in [0.15, 0.2) is 0 Å². The largest absolute Gasteiger partial charge is 0.394 e.